The van der Waals surface area contributed by atoms with Crippen LogP contribution in [-0.2, 0) is 11.2 Å². The topological polar surface area (TPSA) is 56.5 Å². The zero-order chi connectivity index (χ0) is 18.9. The Morgan fingerprint density at radius 3 is 2.50 bits per heavy atom. The molecule has 5 nitrogen and oxygen atoms in total. The first-order valence-electron chi connectivity index (χ1n) is 9.26. The molecule has 1 aliphatic heterocycles. The first-order valence-corrected chi connectivity index (χ1v) is 9.26. The van der Waals surface area contributed by atoms with Crippen LogP contribution in [0.4, 0.5) is 5.82 Å². The second-order valence-electron chi connectivity index (χ2n) is 7.74. The average Bonchev–Trinajstić information content (AvgIpc) is 3.04. The Balaban J connectivity index is 2.08. The maximum atomic E-state index is 12.3. The number of aliphatic imine (C=N–C) groups is 1. The van der Waals surface area contributed by atoms with Crippen molar-refractivity contribution in [1.29, 1.82) is 0 Å². The van der Waals surface area contributed by atoms with Gasteiger partial charge in [-0.15, -0.1) is 0 Å². The van der Waals surface area contributed by atoms with Gasteiger partial charge in [0.15, 0.2) is 5.82 Å². The molecule has 0 fully saturated rings. The fourth-order valence-corrected chi connectivity index (χ4v) is 3.28. The number of aryl methyl sites for hydroxylation is 1. The van der Waals surface area contributed by atoms with Crippen LogP contribution < -0.4 is 0 Å². The molecule has 26 heavy (non-hydrogen) atoms. The Morgan fingerprint density at radius 2 is 1.92 bits per heavy atom. The third kappa shape index (κ3) is 3.43. The molecule has 5 heteroatoms. The van der Waals surface area contributed by atoms with Gasteiger partial charge in [-0.25, -0.2) is 14.5 Å². The first-order chi connectivity index (χ1) is 12.3. The van der Waals surface area contributed by atoms with E-state index in [9.17, 15) is 4.79 Å². The molecule has 0 spiro atoms. The van der Waals surface area contributed by atoms with Crippen LogP contribution in [0.15, 0.2) is 35.5 Å². The van der Waals surface area contributed by atoms with Crippen molar-refractivity contribution in [3.05, 3.63) is 47.2 Å². The number of esters is 1. The summed E-state index contributed by atoms with van der Waals surface area (Å²) in [6, 6.07) is 8.64. The monoisotopic (exact) mass is 353 g/mol. The first kappa shape index (κ1) is 18.4. The number of carbonyl (C=O) groups excluding carboxylic acids is 1. The molecule has 1 aromatic heterocycles. The lowest BCUT2D eigenvalue weighted by Crippen LogP contribution is -2.30. The lowest BCUT2D eigenvalue weighted by molar-refractivity contribution is 0.0527. The van der Waals surface area contributed by atoms with Crippen molar-refractivity contribution in [1.82, 2.24) is 9.78 Å². The maximum Gasteiger partial charge on any atom is 0.343 e. The Labute approximate surface area is 155 Å². The van der Waals surface area contributed by atoms with E-state index in [4.69, 9.17) is 9.73 Å². The van der Waals surface area contributed by atoms with Gasteiger partial charge >= 0.3 is 5.97 Å². The summed E-state index contributed by atoms with van der Waals surface area (Å²) < 4.78 is 7.07. The molecule has 2 heterocycles. The molecular formula is C21H27N3O2. The van der Waals surface area contributed by atoms with Crippen LogP contribution in [0.5, 0.6) is 0 Å². The van der Waals surface area contributed by atoms with Crippen molar-refractivity contribution in [3.63, 3.8) is 0 Å². The highest BCUT2D eigenvalue weighted by Crippen LogP contribution is 2.41. The fourth-order valence-electron chi connectivity index (χ4n) is 3.28. The largest absolute Gasteiger partial charge is 0.462 e. The van der Waals surface area contributed by atoms with E-state index in [0.717, 1.165) is 24.1 Å². The van der Waals surface area contributed by atoms with Crippen molar-refractivity contribution in [2.45, 2.75) is 53.5 Å². The minimum Gasteiger partial charge on any atom is -0.462 e. The van der Waals surface area contributed by atoms with Crippen LogP contribution in [0, 0.1) is 5.41 Å². The molecule has 2 aromatic rings. The summed E-state index contributed by atoms with van der Waals surface area (Å²) in [5.41, 5.74) is 3.81. The van der Waals surface area contributed by atoms with Gasteiger partial charge in [-0.05, 0) is 29.9 Å². The highest BCUT2D eigenvalue weighted by molar-refractivity contribution is 6.04. The number of rotatable bonds is 4. The Morgan fingerprint density at radius 1 is 1.23 bits per heavy atom. The van der Waals surface area contributed by atoms with Gasteiger partial charge in [-0.2, -0.15) is 5.10 Å². The van der Waals surface area contributed by atoms with Gasteiger partial charge in [-0.3, -0.25) is 0 Å². The van der Waals surface area contributed by atoms with Gasteiger partial charge in [0.2, 0.25) is 0 Å². The van der Waals surface area contributed by atoms with Gasteiger partial charge in [0.1, 0.15) is 5.56 Å². The van der Waals surface area contributed by atoms with Crippen molar-refractivity contribution < 1.29 is 9.53 Å². The van der Waals surface area contributed by atoms with E-state index in [1.165, 1.54) is 5.56 Å². The van der Waals surface area contributed by atoms with Gasteiger partial charge in [0.05, 0.1) is 24.6 Å². The number of fused-ring (bicyclic) bond motifs is 1. The van der Waals surface area contributed by atoms with Crippen LogP contribution in [0.25, 0.3) is 0 Å². The number of ether oxygens (including phenoxy) is 1. The number of aromatic nitrogens is 2. The van der Waals surface area contributed by atoms with E-state index in [-0.39, 0.29) is 17.4 Å². The van der Waals surface area contributed by atoms with Crippen molar-refractivity contribution in [2.75, 3.05) is 6.61 Å². The smallest absolute Gasteiger partial charge is 0.343 e. The molecule has 0 radical (unpaired) electrons. The van der Waals surface area contributed by atoms with Gasteiger partial charge in [0.25, 0.3) is 0 Å². The third-order valence-electron chi connectivity index (χ3n) is 4.88. The van der Waals surface area contributed by atoms with E-state index in [1.54, 1.807) is 13.1 Å². The number of hydrogen-bond donors (Lipinski definition) is 0. The number of hydrogen-bond acceptors (Lipinski definition) is 4. The lowest BCUT2D eigenvalue weighted by atomic mass is 9.82. The second kappa shape index (κ2) is 7.06. The van der Waals surface area contributed by atoms with Crippen LogP contribution in [0.1, 0.15) is 68.6 Å². The zero-order valence-electron chi connectivity index (χ0n) is 16.2. The van der Waals surface area contributed by atoms with Crippen LogP contribution in [-0.4, -0.2) is 28.1 Å². The summed E-state index contributed by atoms with van der Waals surface area (Å²) in [4.78, 5) is 17.1. The SMILES string of the molecule is CCOC(=O)c1cnn2c1N=C(c1ccc(CC)cc1)CC2C(C)(C)C. The number of benzene rings is 1. The van der Waals surface area contributed by atoms with E-state index in [1.807, 2.05) is 4.68 Å². The summed E-state index contributed by atoms with van der Waals surface area (Å²) in [6.45, 7) is 10.9. The summed E-state index contributed by atoms with van der Waals surface area (Å²) >= 11 is 0. The highest BCUT2D eigenvalue weighted by Gasteiger charge is 2.35. The van der Waals surface area contributed by atoms with Gasteiger partial charge in [-0.1, -0.05) is 52.0 Å². The summed E-state index contributed by atoms with van der Waals surface area (Å²) in [6.07, 6.45) is 3.38. The number of nitrogens with zero attached hydrogens (tertiary/aromatic N) is 3. The van der Waals surface area contributed by atoms with Gasteiger partial charge < -0.3 is 4.74 Å². The molecule has 1 atom stereocenters. The molecule has 1 unspecified atom stereocenters. The van der Waals surface area contributed by atoms with Crippen LogP contribution >= 0.6 is 0 Å². The molecule has 0 saturated carbocycles. The summed E-state index contributed by atoms with van der Waals surface area (Å²) in [5.74, 6) is 0.233. The molecule has 138 valence electrons. The fraction of sp³-hybridized carbons (Fsp3) is 0.476. The van der Waals surface area contributed by atoms with E-state index in [0.29, 0.717) is 18.0 Å². The zero-order valence-corrected chi connectivity index (χ0v) is 16.2. The standard InChI is InChI=1S/C21H27N3O2/c1-6-14-8-10-15(11-9-14)17-12-18(21(3,4)5)24-19(23-17)16(13-22-24)20(25)26-7-2/h8-11,13,18H,6-7,12H2,1-5H3. The molecule has 1 aliphatic rings. The molecule has 1 aromatic carbocycles. The number of carbonyl (C=O) groups is 1. The van der Waals surface area contributed by atoms with E-state index < -0.39 is 0 Å². The highest BCUT2D eigenvalue weighted by atomic mass is 16.5. The molecule has 0 amide bonds. The van der Waals surface area contributed by atoms with E-state index >= 15 is 0 Å². The predicted molar refractivity (Wildman–Crippen MR) is 103 cm³/mol. The average molecular weight is 353 g/mol. The van der Waals surface area contributed by atoms with Crippen molar-refractivity contribution in [3.8, 4) is 0 Å². The molecular weight excluding hydrogens is 326 g/mol. The van der Waals surface area contributed by atoms with E-state index in [2.05, 4.69) is 57.1 Å². The quantitative estimate of drug-likeness (QED) is 0.746. The maximum absolute atomic E-state index is 12.3. The minimum absolute atomic E-state index is 0.0166. The Kier molecular flexibility index (Phi) is 4.99. The molecule has 0 bridgehead atoms. The van der Waals surface area contributed by atoms with Crippen LogP contribution in [0.3, 0.4) is 0 Å². The Hall–Kier alpha value is -2.43. The second-order valence-corrected chi connectivity index (χ2v) is 7.74. The van der Waals surface area contributed by atoms with Crippen molar-refractivity contribution >= 4 is 17.5 Å². The van der Waals surface area contributed by atoms with Gasteiger partial charge in [0, 0.05) is 6.42 Å². The van der Waals surface area contributed by atoms with Crippen molar-refractivity contribution in [2.24, 2.45) is 10.4 Å². The van der Waals surface area contributed by atoms with Crippen LogP contribution in [0.2, 0.25) is 0 Å². The normalized spacial score (nSPS) is 16.8. The minimum atomic E-state index is -0.368. The third-order valence-corrected chi connectivity index (χ3v) is 4.88. The molecule has 0 N–H and O–H groups in total. The molecule has 0 aliphatic carbocycles. The Bertz CT molecular complexity index is 826. The lowest BCUT2D eigenvalue weighted by Gasteiger charge is -2.34. The predicted octanol–water partition coefficient (Wildman–Crippen LogP) is 4.73. The molecule has 3 rings (SSSR count). The summed E-state index contributed by atoms with van der Waals surface area (Å²) in [5, 5.41) is 4.47. The molecule has 0 saturated heterocycles. The summed E-state index contributed by atoms with van der Waals surface area (Å²) in [7, 11) is 0.